The number of likely N-dealkylation sites (tertiary alicyclic amines) is 1. The van der Waals surface area contributed by atoms with E-state index in [0.29, 0.717) is 21.3 Å². The van der Waals surface area contributed by atoms with Crippen LogP contribution >= 0.6 is 23.2 Å². The highest BCUT2D eigenvalue weighted by Crippen LogP contribution is 2.46. The van der Waals surface area contributed by atoms with Gasteiger partial charge in [0.15, 0.2) is 0 Å². The maximum absolute atomic E-state index is 13.0. The number of aryl methyl sites for hydroxylation is 1. The first-order chi connectivity index (χ1) is 11.9. The number of nitrogens with zero attached hydrogens (tertiary/aromatic N) is 3. The zero-order chi connectivity index (χ0) is 17.9. The number of nitrogens with one attached hydrogen (secondary N) is 1. The molecule has 0 unspecified atom stereocenters. The highest BCUT2D eigenvalue weighted by Gasteiger charge is 2.50. The van der Waals surface area contributed by atoms with E-state index in [1.165, 1.54) is 0 Å². The summed E-state index contributed by atoms with van der Waals surface area (Å²) in [5.41, 5.74) is 1.48. The van der Waals surface area contributed by atoms with Crippen LogP contribution in [0.5, 0.6) is 0 Å². The number of benzene rings is 1. The number of carbonyl (C=O) groups excluding carboxylic acids is 1. The van der Waals surface area contributed by atoms with Crippen LogP contribution in [0.25, 0.3) is 10.9 Å². The van der Waals surface area contributed by atoms with Crippen molar-refractivity contribution in [1.82, 2.24) is 14.8 Å². The summed E-state index contributed by atoms with van der Waals surface area (Å²) in [6.07, 6.45) is 1.51. The van der Waals surface area contributed by atoms with E-state index in [1.54, 1.807) is 17.7 Å². The molecule has 7 heteroatoms. The van der Waals surface area contributed by atoms with E-state index in [0.717, 1.165) is 36.9 Å². The summed E-state index contributed by atoms with van der Waals surface area (Å²) in [5, 5.41) is 14.9. The van der Waals surface area contributed by atoms with E-state index in [2.05, 4.69) is 23.3 Å². The second kappa shape index (κ2) is 5.63. The molecule has 2 aliphatic heterocycles. The molecule has 1 N–H and O–H groups in total. The molecule has 0 bridgehead atoms. The van der Waals surface area contributed by atoms with Gasteiger partial charge >= 0.3 is 0 Å². The molecule has 0 radical (unpaired) electrons. The molecule has 1 aromatic heterocycles. The van der Waals surface area contributed by atoms with E-state index >= 15 is 0 Å². The minimum Gasteiger partial charge on any atom is -0.344 e. The topological polar surface area (TPSA) is 61.1 Å². The number of piperidine rings is 1. The first kappa shape index (κ1) is 16.7. The molecule has 25 heavy (non-hydrogen) atoms. The van der Waals surface area contributed by atoms with Crippen molar-refractivity contribution in [1.29, 1.82) is 5.26 Å². The second-order valence-corrected chi connectivity index (χ2v) is 7.84. The van der Waals surface area contributed by atoms with Crippen molar-refractivity contribution < 1.29 is 4.79 Å². The molecule has 3 heterocycles. The smallest absolute Gasteiger partial charge is 0.268 e. The lowest BCUT2D eigenvalue weighted by atomic mass is 9.70. The molecule has 1 aromatic carbocycles. The van der Waals surface area contributed by atoms with Crippen LogP contribution < -0.4 is 5.32 Å². The molecular weight excluding hydrogens is 359 g/mol. The van der Waals surface area contributed by atoms with Crippen molar-refractivity contribution in [3.63, 3.8) is 0 Å². The van der Waals surface area contributed by atoms with Gasteiger partial charge < -0.3 is 14.8 Å². The number of carbonyl (C=O) groups is 1. The Kier molecular flexibility index (Phi) is 3.77. The van der Waals surface area contributed by atoms with Gasteiger partial charge in [0.25, 0.3) is 5.91 Å². The number of hydrogen-bond acceptors (Lipinski definition) is 3. The maximum Gasteiger partial charge on any atom is 0.268 e. The molecule has 0 aliphatic carbocycles. The Hall–Kier alpha value is -1.74. The average Bonchev–Trinajstić information content (AvgIpc) is 2.88. The molecule has 2 aromatic rings. The largest absolute Gasteiger partial charge is 0.344 e. The maximum atomic E-state index is 13.0. The van der Waals surface area contributed by atoms with Crippen LogP contribution in [0.3, 0.4) is 0 Å². The molecule has 1 amide bonds. The van der Waals surface area contributed by atoms with Gasteiger partial charge in [-0.3, -0.25) is 4.79 Å². The first-order valence-electron chi connectivity index (χ1n) is 8.26. The lowest BCUT2D eigenvalue weighted by molar-refractivity contribution is 0.0767. The quantitative estimate of drug-likeness (QED) is 0.767. The zero-order valence-electron chi connectivity index (χ0n) is 14.1. The van der Waals surface area contributed by atoms with Crippen molar-refractivity contribution in [2.75, 3.05) is 20.1 Å². The normalized spacial score (nSPS) is 22.7. The number of aromatic nitrogens is 1. The minimum atomic E-state index is -0.522. The summed E-state index contributed by atoms with van der Waals surface area (Å²) in [7, 11) is 3.86. The summed E-state index contributed by atoms with van der Waals surface area (Å²) in [5.74, 6) is -0.549. The van der Waals surface area contributed by atoms with E-state index in [4.69, 9.17) is 23.2 Å². The number of halogens is 2. The van der Waals surface area contributed by atoms with Gasteiger partial charge in [0.1, 0.15) is 5.69 Å². The fraction of sp³-hybridized carbons (Fsp3) is 0.444. The number of hydrogen-bond donors (Lipinski definition) is 1. The van der Waals surface area contributed by atoms with Gasteiger partial charge in [0.2, 0.25) is 0 Å². The Labute approximate surface area is 156 Å². The molecule has 0 saturated carbocycles. The first-order valence-corrected chi connectivity index (χ1v) is 9.02. The van der Waals surface area contributed by atoms with Gasteiger partial charge in [-0.2, -0.15) is 5.26 Å². The lowest BCUT2D eigenvalue weighted by Gasteiger charge is -2.46. The Morgan fingerprint density at radius 1 is 1.28 bits per heavy atom. The second-order valence-electron chi connectivity index (χ2n) is 7.05. The number of nitriles is 1. The third kappa shape index (κ3) is 2.21. The Balaban J connectivity index is 2.00. The van der Waals surface area contributed by atoms with Gasteiger partial charge in [-0.05, 0) is 26.0 Å². The number of rotatable bonds is 0. The van der Waals surface area contributed by atoms with Crippen LogP contribution in [-0.2, 0) is 7.05 Å². The van der Waals surface area contributed by atoms with Crippen LogP contribution in [0, 0.1) is 11.3 Å². The SMILES string of the molecule is CN1CCC2(CC1)NC(=O)c1c(c3ccc(Cl)c(Cl)c3n1C)[C@H]2C#N. The van der Waals surface area contributed by atoms with Gasteiger partial charge in [-0.25, -0.2) is 0 Å². The molecule has 1 spiro atoms. The van der Waals surface area contributed by atoms with Crippen LogP contribution in [0.1, 0.15) is 34.8 Å². The Morgan fingerprint density at radius 3 is 2.60 bits per heavy atom. The van der Waals surface area contributed by atoms with Crippen molar-refractivity contribution in [2.45, 2.75) is 24.3 Å². The molecule has 1 atom stereocenters. The summed E-state index contributed by atoms with van der Waals surface area (Å²) in [4.78, 5) is 15.2. The lowest BCUT2D eigenvalue weighted by Crippen LogP contribution is -2.60. The van der Waals surface area contributed by atoms with Crippen LogP contribution in [0.15, 0.2) is 12.1 Å². The minimum absolute atomic E-state index is 0.142. The zero-order valence-corrected chi connectivity index (χ0v) is 15.6. The highest BCUT2D eigenvalue weighted by molar-refractivity contribution is 6.45. The molecule has 1 fully saturated rings. The summed E-state index contributed by atoms with van der Waals surface area (Å²) < 4.78 is 1.76. The predicted molar refractivity (Wildman–Crippen MR) is 98.2 cm³/mol. The third-order valence-electron chi connectivity index (χ3n) is 5.71. The molecular formula is C18H18Cl2N4O. The van der Waals surface area contributed by atoms with Crippen molar-refractivity contribution >= 4 is 40.0 Å². The Bertz CT molecular complexity index is 935. The number of amides is 1. The fourth-order valence-corrected chi connectivity index (χ4v) is 4.77. The third-order valence-corrected chi connectivity index (χ3v) is 6.51. The van der Waals surface area contributed by atoms with Gasteiger partial charge in [-0.1, -0.05) is 29.3 Å². The molecule has 4 rings (SSSR count). The van der Waals surface area contributed by atoms with E-state index < -0.39 is 11.5 Å². The highest BCUT2D eigenvalue weighted by atomic mass is 35.5. The van der Waals surface area contributed by atoms with Crippen molar-refractivity contribution in [3.05, 3.63) is 33.4 Å². The molecule has 1 saturated heterocycles. The van der Waals surface area contributed by atoms with E-state index in [9.17, 15) is 10.1 Å². The van der Waals surface area contributed by atoms with Crippen molar-refractivity contribution in [3.8, 4) is 6.07 Å². The number of fused-ring (bicyclic) bond motifs is 3. The van der Waals surface area contributed by atoms with E-state index in [-0.39, 0.29) is 5.91 Å². The van der Waals surface area contributed by atoms with Crippen molar-refractivity contribution in [2.24, 2.45) is 7.05 Å². The standard InChI is InChI=1S/C18H18Cl2N4O/c1-23-7-5-18(6-8-23)11(9-21)13-10-3-4-12(19)14(20)15(10)24(2)16(13)17(25)22-18/h3-4,11H,5-8H2,1-2H3,(H,22,25)/t11-/m1/s1. The summed E-state index contributed by atoms with van der Waals surface area (Å²) >= 11 is 12.6. The van der Waals surface area contributed by atoms with Crippen LogP contribution in [-0.4, -0.2) is 41.1 Å². The van der Waals surface area contributed by atoms with Crippen LogP contribution in [0.2, 0.25) is 10.0 Å². The fourth-order valence-electron chi connectivity index (χ4n) is 4.33. The predicted octanol–water partition coefficient (Wildman–Crippen LogP) is 3.30. The van der Waals surface area contributed by atoms with Gasteiger partial charge in [-0.15, -0.1) is 0 Å². The summed E-state index contributed by atoms with van der Waals surface area (Å²) in [6, 6.07) is 6.07. The van der Waals surface area contributed by atoms with E-state index in [1.807, 2.05) is 6.07 Å². The monoisotopic (exact) mass is 376 g/mol. The molecule has 2 aliphatic rings. The van der Waals surface area contributed by atoms with Crippen LogP contribution in [0.4, 0.5) is 0 Å². The summed E-state index contributed by atoms with van der Waals surface area (Å²) in [6.45, 7) is 1.70. The molecule has 5 nitrogen and oxygen atoms in total. The Morgan fingerprint density at radius 2 is 1.96 bits per heavy atom. The molecule has 130 valence electrons. The van der Waals surface area contributed by atoms with Gasteiger partial charge in [0, 0.05) is 31.1 Å². The van der Waals surface area contributed by atoms with Gasteiger partial charge in [0.05, 0.1) is 33.1 Å². The average molecular weight is 377 g/mol.